The second-order valence-electron chi connectivity index (χ2n) is 6.96. The average Bonchev–Trinajstić information content (AvgIpc) is 2.90. The van der Waals surface area contributed by atoms with E-state index in [9.17, 15) is 15.0 Å². The van der Waals surface area contributed by atoms with E-state index in [2.05, 4.69) is 20.3 Å². The molecule has 8 heteroatoms. The first-order valence-electron chi connectivity index (χ1n) is 8.11. The van der Waals surface area contributed by atoms with Crippen LogP contribution in [0.2, 0.25) is 0 Å². The van der Waals surface area contributed by atoms with Crippen LogP contribution in [0.5, 0.6) is 0 Å². The van der Waals surface area contributed by atoms with Gasteiger partial charge < -0.3 is 25.4 Å². The minimum Gasteiger partial charge on any atom is -0.465 e. The van der Waals surface area contributed by atoms with Gasteiger partial charge in [-0.15, -0.1) is 0 Å². The number of hydrogen-bond acceptors (Lipinski definition) is 5. The van der Waals surface area contributed by atoms with Crippen LogP contribution in [0, 0.1) is 0 Å². The molecule has 2 aromatic heterocycles. The Morgan fingerprint density at radius 1 is 1.50 bits per heavy atom. The molecule has 0 aromatic carbocycles. The molecule has 1 atom stereocenters. The molecule has 0 unspecified atom stereocenters. The van der Waals surface area contributed by atoms with E-state index >= 15 is 0 Å². The smallest absolute Gasteiger partial charge is 0.407 e. The summed E-state index contributed by atoms with van der Waals surface area (Å²) >= 11 is 0. The lowest BCUT2D eigenvalue weighted by Gasteiger charge is -2.31. The first kappa shape index (κ1) is 16.5. The van der Waals surface area contributed by atoms with Gasteiger partial charge in [-0.05, 0) is 32.3 Å². The van der Waals surface area contributed by atoms with Gasteiger partial charge in [-0.1, -0.05) is 0 Å². The number of carbonyl (C=O) groups is 1. The summed E-state index contributed by atoms with van der Waals surface area (Å²) in [6, 6.07) is 0.0119. The van der Waals surface area contributed by atoms with E-state index in [1.165, 1.54) is 11.2 Å². The third-order valence-electron chi connectivity index (χ3n) is 4.21. The molecule has 1 amide bonds. The van der Waals surface area contributed by atoms with Crippen LogP contribution >= 0.6 is 0 Å². The highest BCUT2D eigenvalue weighted by atomic mass is 16.4. The SMILES string of the molecule is CC(C)(O)Cc1c[nH]c2ncnc(N[C@@H]3CCCN(C(=O)O)C3)c12. The van der Waals surface area contributed by atoms with Gasteiger partial charge >= 0.3 is 6.09 Å². The standard InChI is InChI=1S/C16H23N5O3/c1-16(2,24)6-10-7-17-13-12(10)14(19-9-18-13)20-11-4-3-5-21(8-11)15(22)23/h7,9,11,24H,3-6,8H2,1-2H3,(H,22,23)(H2,17,18,19,20)/t11-/m1/s1. The largest absolute Gasteiger partial charge is 0.465 e. The van der Waals surface area contributed by atoms with Gasteiger partial charge in [0.05, 0.1) is 11.0 Å². The molecule has 1 saturated heterocycles. The number of piperidine rings is 1. The molecule has 3 rings (SSSR count). The summed E-state index contributed by atoms with van der Waals surface area (Å²) in [5, 5.41) is 23.5. The molecule has 2 aromatic rings. The number of rotatable bonds is 4. The van der Waals surface area contributed by atoms with Crippen LogP contribution in [0.4, 0.5) is 10.6 Å². The van der Waals surface area contributed by atoms with Crippen LogP contribution < -0.4 is 5.32 Å². The second-order valence-corrected chi connectivity index (χ2v) is 6.96. The maximum atomic E-state index is 11.2. The number of amides is 1. The quantitative estimate of drug-likeness (QED) is 0.678. The topological polar surface area (TPSA) is 114 Å². The van der Waals surface area contributed by atoms with Crippen molar-refractivity contribution in [3.63, 3.8) is 0 Å². The molecular weight excluding hydrogens is 310 g/mol. The number of fused-ring (bicyclic) bond motifs is 1. The lowest BCUT2D eigenvalue weighted by atomic mass is 9.99. The minimum atomic E-state index is -0.890. The van der Waals surface area contributed by atoms with Crippen molar-refractivity contribution in [2.75, 3.05) is 18.4 Å². The fourth-order valence-corrected chi connectivity index (χ4v) is 3.20. The zero-order valence-corrected chi connectivity index (χ0v) is 13.9. The van der Waals surface area contributed by atoms with E-state index < -0.39 is 11.7 Å². The average molecular weight is 333 g/mol. The first-order chi connectivity index (χ1) is 11.3. The van der Waals surface area contributed by atoms with E-state index in [0.29, 0.717) is 31.0 Å². The molecule has 4 N–H and O–H groups in total. The van der Waals surface area contributed by atoms with Crippen molar-refractivity contribution < 1.29 is 15.0 Å². The van der Waals surface area contributed by atoms with Crippen molar-refractivity contribution in [1.29, 1.82) is 0 Å². The van der Waals surface area contributed by atoms with Crippen molar-refractivity contribution in [2.45, 2.75) is 44.8 Å². The summed E-state index contributed by atoms with van der Waals surface area (Å²) in [4.78, 5) is 24.3. The minimum absolute atomic E-state index is 0.0119. The van der Waals surface area contributed by atoms with E-state index in [1.807, 2.05) is 6.20 Å². The van der Waals surface area contributed by atoms with Crippen LogP contribution in [-0.4, -0.2) is 60.9 Å². The second kappa shape index (κ2) is 6.27. The predicted molar refractivity (Wildman–Crippen MR) is 90.1 cm³/mol. The fraction of sp³-hybridized carbons (Fsp3) is 0.562. The normalized spacial score (nSPS) is 18.8. The lowest BCUT2D eigenvalue weighted by molar-refractivity contribution is 0.0813. The summed E-state index contributed by atoms with van der Waals surface area (Å²) in [7, 11) is 0. The van der Waals surface area contributed by atoms with Gasteiger partial charge in [0.15, 0.2) is 0 Å². The van der Waals surface area contributed by atoms with Gasteiger partial charge in [0.1, 0.15) is 17.8 Å². The summed E-state index contributed by atoms with van der Waals surface area (Å²) in [6.07, 6.45) is 4.61. The Balaban J connectivity index is 1.86. The van der Waals surface area contributed by atoms with Crippen LogP contribution in [0.15, 0.2) is 12.5 Å². The molecule has 24 heavy (non-hydrogen) atoms. The number of aliphatic hydroxyl groups is 1. The molecule has 3 heterocycles. The summed E-state index contributed by atoms with van der Waals surface area (Å²) in [5.74, 6) is 0.678. The molecule has 1 fully saturated rings. The molecule has 0 aliphatic carbocycles. The Hall–Kier alpha value is -2.35. The number of anilines is 1. The van der Waals surface area contributed by atoms with Crippen molar-refractivity contribution in [2.24, 2.45) is 0 Å². The highest BCUT2D eigenvalue weighted by Gasteiger charge is 2.25. The lowest BCUT2D eigenvalue weighted by Crippen LogP contribution is -2.44. The Labute approximate surface area is 139 Å². The van der Waals surface area contributed by atoms with Gasteiger partial charge in [-0.25, -0.2) is 14.8 Å². The fourth-order valence-electron chi connectivity index (χ4n) is 3.20. The number of hydrogen-bond donors (Lipinski definition) is 4. The molecule has 0 radical (unpaired) electrons. The summed E-state index contributed by atoms with van der Waals surface area (Å²) in [6.45, 7) is 4.52. The highest BCUT2D eigenvalue weighted by Crippen LogP contribution is 2.27. The van der Waals surface area contributed by atoms with Gasteiger partial charge in [-0.2, -0.15) is 0 Å². The maximum Gasteiger partial charge on any atom is 0.407 e. The van der Waals surface area contributed by atoms with Crippen LogP contribution in [0.3, 0.4) is 0 Å². The number of carboxylic acid groups (broad SMARTS) is 1. The van der Waals surface area contributed by atoms with Gasteiger partial charge in [-0.3, -0.25) is 0 Å². The number of nitrogens with one attached hydrogen (secondary N) is 2. The van der Waals surface area contributed by atoms with E-state index in [0.717, 1.165) is 23.8 Å². The Morgan fingerprint density at radius 2 is 2.29 bits per heavy atom. The number of nitrogens with zero attached hydrogens (tertiary/aromatic N) is 3. The third-order valence-corrected chi connectivity index (χ3v) is 4.21. The van der Waals surface area contributed by atoms with E-state index in [1.54, 1.807) is 13.8 Å². The maximum absolute atomic E-state index is 11.2. The van der Waals surface area contributed by atoms with Crippen molar-refractivity contribution >= 4 is 22.9 Å². The molecule has 0 bridgehead atoms. The van der Waals surface area contributed by atoms with Crippen LogP contribution in [0.1, 0.15) is 32.3 Å². The zero-order chi connectivity index (χ0) is 17.3. The molecule has 0 spiro atoms. The number of aromatic amines is 1. The summed E-state index contributed by atoms with van der Waals surface area (Å²) in [5.41, 5.74) is 0.803. The molecule has 1 aliphatic heterocycles. The molecular formula is C16H23N5O3. The third kappa shape index (κ3) is 3.59. The first-order valence-corrected chi connectivity index (χ1v) is 8.11. The van der Waals surface area contributed by atoms with E-state index in [4.69, 9.17) is 0 Å². The van der Waals surface area contributed by atoms with E-state index in [-0.39, 0.29) is 6.04 Å². The van der Waals surface area contributed by atoms with Crippen LogP contribution in [0.25, 0.3) is 11.0 Å². The zero-order valence-electron chi connectivity index (χ0n) is 13.9. The molecule has 130 valence electrons. The van der Waals surface area contributed by atoms with Crippen molar-refractivity contribution in [3.8, 4) is 0 Å². The summed E-state index contributed by atoms with van der Waals surface area (Å²) < 4.78 is 0. The van der Waals surface area contributed by atoms with Gasteiger partial charge in [0, 0.05) is 31.7 Å². The molecule has 0 saturated carbocycles. The predicted octanol–water partition coefficient (Wildman–Crippen LogP) is 1.83. The number of likely N-dealkylation sites (tertiary alicyclic amines) is 1. The monoisotopic (exact) mass is 333 g/mol. The van der Waals surface area contributed by atoms with Crippen LogP contribution in [-0.2, 0) is 6.42 Å². The Morgan fingerprint density at radius 3 is 3.00 bits per heavy atom. The molecule has 8 nitrogen and oxygen atoms in total. The van der Waals surface area contributed by atoms with Crippen molar-refractivity contribution in [1.82, 2.24) is 19.9 Å². The van der Waals surface area contributed by atoms with Crippen molar-refractivity contribution in [3.05, 3.63) is 18.1 Å². The number of H-pyrrole nitrogens is 1. The molecule has 1 aliphatic rings. The van der Waals surface area contributed by atoms with Gasteiger partial charge in [0.2, 0.25) is 0 Å². The number of aromatic nitrogens is 3. The van der Waals surface area contributed by atoms with Gasteiger partial charge in [0.25, 0.3) is 0 Å². The Bertz CT molecular complexity index is 737. The highest BCUT2D eigenvalue weighted by molar-refractivity contribution is 5.90. The Kier molecular flexibility index (Phi) is 4.31.